The second-order valence-electron chi connectivity index (χ2n) is 10.3. The fourth-order valence-corrected chi connectivity index (χ4v) is 5.00. The molecule has 1 fully saturated rings. The van der Waals surface area contributed by atoms with Crippen molar-refractivity contribution in [3.63, 3.8) is 0 Å². The van der Waals surface area contributed by atoms with Gasteiger partial charge >= 0.3 is 6.09 Å². The number of rotatable bonds is 4. The summed E-state index contributed by atoms with van der Waals surface area (Å²) in [5.74, 6) is 0.967. The van der Waals surface area contributed by atoms with Gasteiger partial charge in [0.2, 0.25) is 0 Å². The van der Waals surface area contributed by atoms with E-state index in [4.69, 9.17) is 21.3 Å². The van der Waals surface area contributed by atoms with Crippen LogP contribution in [0.4, 0.5) is 4.79 Å². The molecule has 4 rings (SSSR count). The molecule has 8 heteroatoms. The van der Waals surface area contributed by atoms with Crippen molar-refractivity contribution >= 4 is 30.0 Å². The van der Waals surface area contributed by atoms with Crippen LogP contribution >= 0.6 is 11.6 Å². The molecular formula is C28H36ClN5O2. The molecule has 1 amide bonds. The number of nitrogens with zero attached hydrogens (tertiary/aromatic N) is 5. The number of benzene rings is 1. The van der Waals surface area contributed by atoms with Gasteiger partial charge in [-0.15, -0.1) is 0 Å². The van der Waals surface area contributed by atoms with Gasteiger partial charge in [-0.1, -0.05) is 17.7 Å². The van der Waals surface area contributed by atoms with Crippen LogP contribution in [0.3, 0.4) is 0 Å². The van der Waals surface area contributed by atoms with Gasteiger partial charge in [-0.25, -0.2) is 9.78 Å². The molecule has 1 atom stereocenters. The smallest absolute Gasteiger partial charge is 0.410 e. The number of hydrogen-bond acceptors (Lipinski definition) is 5. The molecule has 1 aromatic heterocycles. The minimum Gasteiger partial charge on any atom is -0.444 e. The summed E-state index contributed by atoms with van der Waals surface area (Å²) in [6, 6.07) is 6.05. The summed E-state index contributed by atoms with van der Waals surface area (Å²) in [5, 5.41) is 0.705. The van der Waals surface area contributed by atoms with Crippen LogP contribution in [0.1, 0.15) is 57.6 Å². The van der Waals surface area contributed by atoms with Crippen LogP contribution in [0.25, 0.3) is 6.08 Å². The van der Waals surface area contributed by atoms with Crippen LogP contribution in [0.2, 0.25) is 5.02 Å². The number of allylic oxidation sites excluding steroid dienone is 2. The molecule has 1 aliphatic carbocycles. The van der Waals surface area contributed by atoms with Gasteiger partial charge in [-0.2, -0.15) is 0 Å². The van der Waals surface area contributed by atoms with E-state index in [9.17, 15) is 4.79 Å². The Labute approximate surface area is 219 Å². The molecule has 2 heterocycles. The molecular weight excluding hydrogens is 474 g/mol. The summed E-state index contributed by atoms with van der Waals surface area (Å²) in [4.78, 5) is 26.2. The minimum absolute atomic E-state index is 0.0492. The van der Waals surface area contributed by atoms with E-state index in [2.05, 4.69) is 33.5 Å². The first-order valence-electron chi connectivity index (χ1n) is 12.5. The highest BCUT2D eigenvalue weighted by Crippen LogP contribution is 2.41. The summed E-state index contributed by atoms with van der Waals surface area (Å²) in [7, 11) is 0. The zero-order valence-electron chi connectivity index (χ0n) is 22.1. The van der Waals surface area contributed by atoms with E-state index < -0.39 is 5.60 Å². The molecule has 0 N–H and O–H groups in total. The summed E-state index contributed by atoms with van der Waals surface area (Å²) >= 11 is 6.46. The molecule has 0 saturated carbocycles. The monoisotopic (exact) mass is 509 g/mol. The van der Waals surface area contributed by atoms with E-state index in [1.807, 2.05) is 65.4 Å². The SMILES string of the molecule is CC=NC1=C(C)C(Cn2ccnc2C)=Cc2cc(Cl)ccc2C1N1CCN(C(=O)OC(C)(C)C)CC1. The molecule has 7 nitrogen and oxygen atoms in total. The Bertz CT molecular complexity index is 1210. The number of carbonyl (C=O) groups excluding carboxylic acids is 1. The summed E-state index contributed by atoms with van der Waals surface area (Å²) in [6.07, 6.45) is 7.67. The minimum atomic E-state index is -0.508. The van der Waals surface area contributed by atoms with Gasteiger partial charge in [0.1, 0.15) is 11.4 Å². The molecule has 36 heavy (non-hydrogen) atoms. The van der Waals surface area contributed by atoms with Crippen molar-refractivity contribution in [2.75, 3.05) is 26.2 Å². The standard InChI is InChI=1S/C28H36ClN5O2/c1-7-30-25-19(2)22(18-34-11-10-31-20(34)3)16-21-17-23(29)8-9-24(21)26(25)32-12-14-33(15-13-32)27(35)36-28(4,5)6/h7-11,16-17,26H,12-15,18H2,1-6H3. The highest BCUT2D eigenvalue weighted by Gasteiger charge is 2.34. The van der Waals surface area contributed by atoms with Crippen molar-refractivity contribution in [2.24, 2.45) is 4.99 Å². The molecule has 1 aromatic carbocycles. The lowest BCUT2D eigenvalue weighted by atomic mass is 9.96. The van der Waals surface area contributed by atoms with E-state index in [0.717, 1.165) is 35.7 Å². The van der Waals surface area contributed by atoms with Crippen molar-refractivity contribution in [1.29, 1.82) is 0 Å². The lowest BCUT2D eigenvalue weighted by Crippen LogP contribution is -2.51. The predicted molar refractivity (Wildman–Crippen MR) is 145 cm³/mol. The normalized spacial score (nSPS) is 19.4. The van der Waals surface area contributed by atoms with Crippen LogP contribution in [0.15, 0.2) is 52.4 Å². The maximum atomic E-state index is 12.7. The summed E-state index contributed by atoms with van der Waals surface area (Å²) in [6.45, 7) is 15.1. The molecule has 192 valence electrons. The van der Waals surface area contributed by atoms with Crippen LogP contribution in [0, 0.1) is 6.92 Å². The fraction of sp³-hybridized carbons (Fsp3) is 0.464. The highest BCUT2D eigenvalue weighted by molar-refractivity contribution is 6.30. The molecule has 1 saturated heterocycles. The lowest BCUT2D eigenvalue weighted by Gasteiger charge is -2.40. The second-order valence-corrected chi connectivity index (χ2v) is 10.8. The number of piperazine rings is 1. The van der Waals surface area contributed by atoms with Crippen LogP contribution in [-0.2, 0) is 11.3 Å². The zero-order chi connectivity index (χ0) is 26.0. The Hall–Kier alpha value is -2.90. The van der Waals surface area contributed by atoms with Crippen molar-refractivity contribution in [1.82, 2.24) is 19.4 Å². The Morgan fingerprint density at radius 2 is 1.94 bits per heavy atom. The second kappa shape index (κ2) is 10.6. The number of halogens is 1. The molecule has 1 aliphatic heterocycles. The maximum Gasteiger partial charge on any atom is 0.410 e. The predicted octanol–water partition coefficient (Wildman–Crippen LogP) is 5.90. The largest absolute Gasteiger partial charge is 0.444 e. The van der Waals surface area contributed by atoms with E-state index in [1.165, 1.54) is 11.1 Å². The number of aromatic nitrogens is 2. The van der Waals surface area contributed by atoms with Crippen molar-refractivity contribution in [2.45, 2.75) is 59.7 Å². The topological polar surface area (TPSA) is 63.0 Å². The van der Waals surface area contributed by atoms with Crippen LogP contribution in [0.5, 0.6) is 0 Å². The zero-order valence-corrected chi connectivity index (χ0v) is 22.8. The number of amides is 1. The van der Waals surface area contributed by atoms with Crippen molar-refractivity contribution in [3.05, 3.63) is 69.4 Å². The third kappa shape index (κ3) is 5.73. The van der Waals surface area contributed by atoms with Gasteiger partial charge < -0.3 is 14.2 Å². The van der Waals surface area contributed by atoms with E-state index in [0.29, 0.717) is 24.7 Å². The number of hydrogen-bond donors (Lipinski definition) is 0. The van der Waals surface area contributed by atoms with Gasteiger partial charge in [0.15, 0.2) is 0 Å². The highest BCUT2D eigenvalue weighted by atomic mass is 35.5. The molecule has 0 bridgehead atoms. The Kier molecular flexibility index (Phi) is 7.71. The first-order chi connectivity index (χ1) is 17.1. The third-order valence-electron chi connectivity index (χ3n) is 6.66. The molecule has 0 spiro atoms. The van der Waals surface area contributed by atoms with E-state index in [-0.39, 0.29) is 12.1 Å². The molecule has 2 aromatic rings. The number of imidazole rings is 1. The van der Waals surface area contributed by atoms with Gasteiger partial charge in [0.25, 0.3) is 0 Å². The molecule has 1 unspecified atom stereocenters. The van der Waals surface area contributed by atoms with Crippen LogP contribution in [-0.4, -0.2) is 63.4 Å². The number of carbonyl (C=O) groups is 1. The Balaban J connectivity index is 1.70. The average molecular weight is 510 g/mol. The number of fused-ring (bicyclic) bond motifs is 1. The molecule has 2 aliphatic rings. The quantitative estimate of drug-likeness (QED) is 0.481. The number of aliphatic imine (C=N–C) groups is 1. The summed E-state index contributed by atoms with van der Waals surface area (Å²) in [5.41, 5.74) is 5.10. The Morgan fingerprint density at radius 1 is 1.22 bits per heavy atom. The van der Waals surface area contributed by atoms with E-state index >= 15 is 0 Å². The van der Waals surface area contributed by atoms with Gasteiger partial charge in [-0.3, -0.25) is 9.89 Å². The average Bonchev–Trinajstić information content (AvgIpc) is 3.18. The van der Waals surface area contributed by atoms with E-state index in [1.54, 1.807) is 4.90 Å². The van der Waals surface area contributed by atoms with Gasteiger partial charge in [-0.05, 0) is 82.0 Å². The van der Waals surface area contributed by atoms with Gasteiger partial charge in [0.05, 0.1) is 11.7 Å². The van der Waals surface area contributed by atoms with Crippen molar-refractivity contribution < 1.29 is 9.53 Å². The number of ether oxygens (including phenoxy) is 1. The maximum absolute atomic E-state index is 12.7. The lowest BCUT2D eigenvalue weighted by molar-refractivity contribution is 0.0117. The number of aryl methyl sites for hydroxylation is 1. The Morgan fingerprint density at radius 3 is 2.56 bits per heavy atom. The summed E-state index contributed by atoms with van der Waals surface area (Å²) < 4.78 is 7.75. The van der Waals surface area contributed by atoms with Gasteiger partial charge in [0, 0.05) is 56.4 Å². The molecule has 0 radical (unpaired) electrons. The first-order valence-corrected chi connectivity index (χ1v) is 12.8. The van der Waals surface area contributed by atoms with Crippen molar-refractivity contribution in [3.8, 4) is 0 Å². The third-order valence-corrected chi connectivity index (χ3v) is 6.90. The first kappa shape index (κ1) is 26.2. The van der Waals surface area contributed by atoms with Crippen LogP contribution < -0.4 is 0 Å². The fourth-order valence-electron chi connectivity index (χ4n) is 4.82.